The zero-order valence-corrected chi connectivity index (χ0v) is 12.1. The molecule has 0 spiro atoms. The molecule has 2 rings (SSSR count). The molecule has 2 aromatic rings. The molecule has 0 radical (unpaired) electrons. The van der Waals surface area contributed by atoms with Crippen LogP contribution in [-0.2, 0) is 13.1 Å². The molecule has 0 N–H and O–H groups in total. The van der Waals surface area contributed by atoms with Gasteiger partial charge in [0.25, 0.3) is 5.24 Å². The monoisotopic (exact) mass is 313 g/mol. The number of carbonyl (C=O) groups excluding carboxylic acids is 1. The summed E-state index contributed by atoms with van der Waals surface area (Å²) in [5.41, 5.74) is 2.24. The van der Waals surface area contributed by atoms with Crippen molar-refractivity contribution in [1.82, 2.24) is 4.90 Å². The zero-order valence-electron chi connectivity index (χ0n) is 10.4. The van der Waals surface area contributed by atoms with E-state index in [0.29, 0.717) is 13.1 Å². The summed E-state index contributed by atoms with van der Waals surface area (Å²) in [5.74, 6) is 0. The molecule has 20 heavy (non-hydrogen) atoms. The summed E-state index contributed by atoms with van der Waals surface area (Å²) in [6.07, 6.45) is 0. The van der Waals surface area contributed by atoms with Crippen LogP contribution >= 0.6 is 22.5 Å². The van der Waals surface area contributed by atoms with Crippen molar-refractivity contribution in [1.29, 1.82) is 0 Å². The van der Waals surface area contributed by atoms with Crippen LogP contribution in [0.5, 0.6) is 0 Å². The van der Waals surface area contributed by atoms with Crippen LogP contribution in [0.4, 0.5) is 4.79 Å². The zero-order chi connectivity index (χ0) is 13.5. The van der Waals surface area contributed by atoms with Crippen molar-refractivity contribution in [2.45, 2.75) is 13.1 Å². The van der Waals surface area contributed by atoms with Gasteiger partial charge in [0, 0.05) is 23.9 Å². The van der Waals surface area contributed by atoms with Gasteiger partial charge in [0.05, 0.1) is 0 Å². The van der Waals surface area contributed by atoms with E-state index in [-0.39, 0.29) is 34.8 Å². The van der Waals surface area contributed by atoms with E-state index >= 15 is 0 Å². The minimum atomic E-state index is -0.0314. The van der Waals surface area contributed by atoms with Crippen LogP contribution in [0, 0.1) is 0 Å². The molecule has 0 bridgehead atoms. The van der Waals surface area contributed by atoms with Crippen molar-refractivity contribution in [3.63, 3.8) is 0 Å². The summed E-state index contributed by atoms with van der Waals surface area (Å²) >= 11 is 4.01. The number of thiol groups is 1. The molecule has 100 valence electrons. The Balaban J connectivity index is 0.00000200. The van der Waals surface area contributed by atoms with Crippen LogP contribution in [0.2, 0.25) is 0 Å². The SMILES string of the molecule is O=C(SS)N(Cc1ccccc1)Cc1ccccc1.[NaH]. The summed E-state index contributed by atoms with van der Waals surface area (Å²) in [4.78, 5) is 13.7. The number of rotatable bonds is 4. The summed E-state index contributed by atoms with van der Waals surface area (Å²) in [7, 11) is 0.953. The Bertz CT molecular complexity index is 480. The summed E-state index contributed by atoms with van der Waals surface area (Å²) in [6.45, 7) is 1.20. The van der Waals surface area contributed by atoms with Crippen LogP contribution < -0.4 is 0 Å². The maximum atomic E-state index is 11.9. The molecule has 2 nitrogen and oxygen atoms in total. The van der Waals surface area contributed by atoms with E-state index < -0.39 is 0 Å². The molecule has 0 saturated carbocycles. The van der Waals surface area contributed by atoms with Gasteiger partial charge in [-0.2, -0.15) is 0 Å². The van der Waals surface area contributed by atoms with E-state index in [1.807, 2.05) is 60.7 Å². The summed E-state index contributed by atoms with van der Waals surface area (Å²) in [5, 5.41) is -0.0314. The van der Waals surface area contributed by atoms with Crippen LogP contribution in [0.3, 0.4) is 0 Å². The number of carbonyl (C=O) groups is 1. The average Bonchev–Trinajstić information content (AvgIpc) is 2.48. The van der Waals surface area contributed by atoms with Gasteiger partial charge in [-0.15, -0.1) is 11.7 Å². The fraction of sp³-hybridized carbons (Fsp3) is 0.133. The van der Waals surface area contributed by atoms with Gasteiger partial charge in [0.15, 0.2) is 0 Å². The Morgan fingerprint density at radius 3 is 1.65 bits per heavy atom. The number of nitrogens with zero attached hydrogens (tertiary/aromatic N) is 1. The van der Waals surface area contributed by atoms with Gasteiger partial charge in [-0.25, -0.2) is 0 Å². The van der Waals surface area contributed by atoms with Crippen molar-refractivity contribution in [3.05, 3.63) is 71.8 Å². The molecule has 0 aliphatic heterocycles. The Morgan fingerprint density at radius 2 is 1.30 bits per heavy atom. The first-order valence-corrected chi connectivity index (χ1v) is 7.84. The molecule has 0 aliphatic carbocycles. The molecular weight excluding hydrogens is 297 g/mol. The Morgan fingerprint density at radius 1 is 0.900 bits per heavy atom. The Labute approximate surface area is 151 Å². The molecule has 2 aromatic carbocycles. The van der Waals surface area contributed by atoms with Gasteiger partial charge in [0.1, 0.15) is 0 Å². The van der Waals surface area contributed by atoms with Gasteiger partial charge < -0.3 is 4.90 Å². The van der Waals surface area contributed by atoms with Gasteiger partial charge in [0.2, 0.25) is 0 Å². The van der Waals surface area contributed by atoms with Gasteiger partial charge >= 0.3 is 29.6 Å². The molecular formula is C15H16NNaOS2. The predicted molar refractivity (Wildman–Crippen MR) is 91.3 cm³/mol. The molecule has 0 aliphatic rings. The summed E-state index contributed by atoms with van der Waals surface area (Å²) in [6, 6.07) is 20.0. The topological polar surface area (TPSA) is 20.3 Å². The number of hydrogen-bond donors (Lipinski definition) is 1. The van der Waals surface area contributed by atoms with Crippen molar-refractivity contribution < 1.29 is 4.79 Å². The van der Waals surface area contributed by atoms with E-state index in [0.717, 1.165) is 21.9 Å². The van der Waals surface area contributed by atoms with Crippen LogP contribution in [0.1, 0.15) is 11.1 Å². The third kappa shape index (κ3) is 5.54. The van der Waals surface area contributed by atoms with Gasteiger partial charge in [-0.05, 0) is 11.1 Å². The predicted octanol–water partition coefficient (Wildman–Crippen LogP) is 3.74. The van der Waals surface area contributed by atoms with Gasteiger partial charge in [-0.1, -0.05) is 60.7 Å². The van der Waals surface area contributed by atoms with Crippen molar-refractivity contribution >= 4 is 57.3 Å². The van der Waals surface area contributed by atoms with Gasteiger partial charge in [-0.3, -0.25) is 4.79 Å². The molecule has 0 heterocycles. The Hall–Kier alpha value is -0.390. The van der Waals surface area contributed by atoms with Crippen LogP contribution in [0.15, 0.2) is 60.7 Å². The van der Waals surface area contributed by atoms with E-state index in [4.69, 9.17) is 0 Å². The number of benzene rings is 2. The first-order valence-electron chi connectivity index (χ1n) is 5.98. The second kappa shape index (κ2) is 9.53. The molecule has 1 amide bonds. The molecule has 0 unspecified atom stereocenters. The van der Waals surface area contributed by atoms with E-state index in [2.05, 4.69) is 11.7 Å². The number of amides is 1. The normalized spacial score (nSPS) is 9.65. The maximum absolute atomic E-state index is 11.9. The minimum absolute atomic E-state index is 0. The molecule has 5 heteroatoms. The molecule has 0 atom stereocenters. The van der Waals surface area contributed by atoms with Crippen molar-refractivity contribution in [3.8, 4) is 0 Å². The fourth-order valence-corrected chi connectivity index (χ4v) is 2.44. The third-order valence-electron chi connectivity index (χ3n) is 2.77. The van der Waals surface area contributed by atoms with E-state index in [1.54, 1.807) is 4.90 Å². The molecule has 0 saturated heterocycles. The van der Waals surface area contributed by atoms with E-state index in [1.165, 1.54) is 0 Å². The fourth-order valence-electron chi connectivity index (χ4n) is 1.85. The van der Waals surface area contributed by atoms with Crippen LogP contribution in [-0.4, -0.2) is 39.7 Å². The first-order chi connectivity index (χ1) is 9.29. The summed E-state index contributed by atoms with van der Waals surface area (Å²) < 4.78 is 0. The number of hydrogen-bond acceptors (Lipinski definition) is 3. The second-order valence-electron chi connectivity index (χ2n) is 4.18. The van der Waals surface area contributed by atoms with Crippen LogP contribution in [0.25, 0.3) is 0 Å². The standard InChI is InChI=1S/C15H15NOS2.Na.H/c17-15(19-18)16(11-13-7-3-1-4-8-13)12-14-9-5-2-6-10-14;;/h1-10,18H,11-12H2;;. The third-order valence-corrected chi connectivity index (χ3v) is 3.65. The molecule has 0 aromatic heterocycles. The Kier molecular flexibility index (Phi) is 8.41. The van der Waals surface area contributed by atoms with E-state index in [9.17, 15) is 4.79 Å². The van der Waals surface area contributed by atoms with Crippen molar-refractivity contribution in [2.24, 2.45) is 0 Å². The van der Waals surface area contributed by atoms with Crippen molar-refractivity contribution in [2.75, 3.05) is 0 Å². The molecule has 0 fully saturated rings. The second-order valence-corrected chi connectivity index (χ2v) is 5.26. The first kappa shape index (κ1) is 17.7. The average molecular weight is 313 g/mol. The quantitative estimate of drug-likeness (QED) is 0.527.